The van der Waals surface area contributed by atoms with E-state index >= 15 is 0 Å². The van der Waals surface area contributed by atoms with Crippen molar-refractivity contribution in [1.29, 1.82) is 0 Å². The fourth-order valence-electron chi connectivity index (χ4n) is 2.24. The van der Waals surface area contributed by atoms with Gasteiger partial charge in [0, 0.05) is 6.54 Å². The second-order valence-electron chi connectivity index (χ2n) is 6.74. The number of hydrogen-bond acceptors (Lipinski definition) is 1. The van der Waals surface area contributed by atoms with E-state index in [1.54, 1.807) is 12.1 Å². The quantitative estimate of drug-likeness (QED) is 0.199. The Morgan fingerprint density at radius 3 is 2.48 bits per heavy atom. The highest BCUT2D eigenvalue weighted by molar-refractivity contribution is 7.80. The fraction of sp³-hybridized carbons (Fsp3) is 0.409. The third kappa shape index (κ3) is 11.4. The van der Waals surface area contributed by atoms with Gasteiger partial charge in [-0.1, -0.05) is 68.6 Å². The minimum Gasteiger partial charge on any atom is -0.376 e. The highest BCUT2D eigenvalue weighted by Crippen LogP contribution is 2.29. The molecule has 0 amide bonds. The van der Waals surface area contributed by atoms with Crippen LogP contribution in [0.25, 0.3) is 6.08 Å². The van der Waals surface area contributed by atoms with Crippen LogP contribution in [0.1, 0.15) is 50.7 Å². The second kappa shape index (κ2) is 12.5. The highest BCUT2D eigenvalue weighted by atomic mass is 32.1. The summed E-state index contributed by atoms with van der Waals surface area (Å²) in [4.78, 5) is 0.744. The first-order valence-electron chi connectivity index (χ1n) is 9.24. The minimum atomic E-state index is -4.29. The number of unbranched alkanes of at least 4 members (excludes halogenated alkanes) is 3. The number of alkyl halides is 3. The predicted molar refractivity (Wildman–Crippen MR) is 113 cm³/mol. The first-order chi connectivity index (χ1) is 12.8. The highest BCUT2D eigenvalue weighted by Gasteiger charge is 2.30. The molecule has 0 aliphatic rings. The molecule has 1 aromatic carbocycles. The van der Waals surface area contributed by atoms with Crippen LogP contribution in [0.3, 0.4) is 0 Å². The molecule has 0 heterocycles. The van der Waals surface area contributed by atoms with E-state index in [1.165, 1.54) is 12.1 Å². The van der Waals surface area contributed by atoms with Crippen LogP contribution in [0.5, 0.6) is 0 Å². The number of benzene rings is 1. The first-order valence-corrected chi connectivity index (χ1v) is 9.64. The zero-order valence-electron chi connectivity index (χ0n) is 15.9. The molecule has 0 aliphatic heterocycles. The lowest BCUT2D eigenvalue weighted by molar-refractivity contribution is -0.137. The van der Waals surface area contributed by atoms with Gasteiger partial charge < -0.3 is 5.32 Å². The molecule has 0 fully saturated rings. The summed E-state index contributed by atoms with van der Waals surface area (Å²) in [7, 11) is 0. The molecule has 27 heavy (non-hydrogen) atoms. The van der Waals surface area contributed by atoms with Gasteiger partial charge in [-0.3, -0.25) is 0 Å². The molecule has 0 unspecified atom stereocenters. The molecule has 0 spiro atoms. The van der Waals surface area contributed by atoms with Gasteiger partial charge in [-0.15, -0.1) is 0 Å². The zero-order chi connectivity index (χ0) is 20.1. The van der Waals surface area contributed by atoms with Gasteiger partial charge in [-0.05, 0) is 55.4 Å². The first kappa shape index (κ1) is 23.2. The monoisotopic (exact) mass is 395 g/mol. The molecule has 1 nitrogen and oxygen atoms in total. The average Bonchev–Trinajstić information content (AvgIpc) is 2.61. The van der Waals surface area contributed by atoms with Crippen molar-refractivity contribution in [2.24, 2.45) is 5.92 Å². The Balaban J connectivity index is 2.20. The average molecular weight is 396 g/mol. The maximum Gasteiger partial charge on any atom is 0.416 e. The molecule has 0 aromatic heterocycles. The summed E-state index contributed by atoms with van der Waals surface area (Å²) in [5.41, 5.74) is -0.0290. The molecule has 0 bridgehead atoms. The van der Waals surface area contributed by atoms with Crippen LogP contribution in [-0.2, 0) is 6.18 Å². The Hall–Kier alpha value is -1.88. The van der Waals surface area contributed by atoms with Crippen LogP contribution < -0.4 is 5.32 Å². The van der Waals surface area contributed by atoms with Crippen molar-refractivity contribution in [2.75, 3.05) is 6.54 Å². The fourth-order valence-corrected chi connectivity index (χ4v) is 2.41. The van der Waals surface area contributed by atoms with E-state index in [2.05, 4.69) is 25.2 Å². The number of allylic oxidation sites excluding steroid dienone is 4. The van der Waals surface area contributed by atoms with Crippen molar-refractivity contribution < 1.29 is 13.2 Å². The van der Waals surface area contributed by atoms with Crippen LogP contribution >= 0.6 is 12.2 Å². The summed E-state index contributed by atoms with van der Waals surface area (Å²) < 4.78 is 38.0. The van der Waals surface area contributed by atoms with Crippen molar-refractivity contribution in [1.82, 2.24) is 5.32 Å². The van der Waals surface area contributed by atoms with Gasteiger partial charge in [0.05, 0.1) is 10.6 Å². The summed E-state index contributed by atoms with van der Waals surface area (Å²) in [5, 5.41) is 3.17. The molecule has 148 valence electrons. The van der Waals surface area contributed by atoms with E-state index in [-0.39, 0.29) is 0 Å². The van der Waals surface area contributed by atoms with Gasteiger partial charge in [0.15, 0.2) is 0 Å². The van der Waals surface area contributed by atoms with E-state index in [0.29, 0.717) is 11.5 Å². The van der Waals surface area contributed by atoms with Gasteiger partial charge in [-0.2, -0.15) is 13.2 Å². The van der Waals surface area contributed by atoms with Crippen LogP contribution in [0.4, 0.5) is 13.2 Å². The van der Waals surface area contributed by atoms with E-state index in [0.717, 1.165) is 43.3 Å². The molecule has 5 heteroatoms. The molecule has 0 radical (unpaired) electrons. The number of halogens is 3. The van der Waals surface area contributed by atoms with Crippen LogP contribution in [0.15, 0.2) is 54.6 Å². The molecule has 1 aromatic rings. The Kier molecular flexibility index (Phi) is 10.7. The largest absolute Gasteiger partial charge is 0.416 e. The SMILES string of the molecule is CC(C)CNC(=S)/C=C/C=C/CCCC/C=C\c1cccc(C(F)(F)F)c1. The number of nitrogens with one attached hydrogen (secondary N) is 1. The lowest BCUT2D eigenvalue weighted by Gasteiger charge is -2.06. The maximum absolute atomic E-state index is 12.7. The Morgan fingerprint density at radius 1 is 1.11 bits per heavy atom. The standard InChI is InChI=1S/C22H28F3NS/c1-18(2)17-26-21(27)15-10-8-6-4-3-5-7-9-12-19-13-11-14-20(16-19)22(23,24)25/h6,8-16,18H,3-5,7,17H2,1-2H3,(H,26,27)/b8-6+,12-9-,15-10+. The second-order valence-corrected chi connectivity index (χ2v) is 7.18. The topological polar surface area (TPSA) is 12.0 Å². The molecule has 0 aliphatic carbocycles. The molecular formula is C22H28F3NS. The van der Waals surface area contributed by atoms with E-state index < -0.39 is 11.7 Å². The van der Waals surface area contributed by atoms with Crippen LogP contribution in [-0.4, -0.2) is 11.5 Å². The molecule has 1 N–H and O–H groups in total. The van der Waals surface area contributed by atoms with Gasteiger partial charge in [-0.25, -0.2) is 0 Å². The predicted octanol–water partition coefficient (Wildman–Crippen LogP) is 6.96. The Labute approximate surface area is 166 Å². The molecule has 0 saturated heterocycles. The van der Waals surface area contributed by atoms with Crippen LogP contribution in [0, 0.1) is 5.92 Å². The van der Waals surface area contributed by atoms with E-state index in [9.17, 15) is 13.2 Å². The molecule has 1 rings (SSSR count). The summed E-state index contributed by atoms with van der Waals surface area (Å²) in [5.74, 6) is 0.564. The zero-order valence-corrected chi connectivity index (χ0v) is 16.7. The minimum absolute atomic E-state index is 0.564. The number of thiocarbonyl (C=S) groups is 1. The van der Waals surface area contributed by atoms with Crippen molar-refractivity contribution in [3.8, 4) is 0 Å². The third-order valence-electron chi connectivity index (χ3n) is 3.70. The molecule has 0 atom stereocenters. The summed E-state index contributed by atoms with van der Waals surface area (Å²) in [6.07, 6.45) is 11.1. The normalized spacial score (nSPS) is 12.7. The summed E-state index contributed by atoms with van der Waals surface area (Å²) in [6.45, 7) is 5.14. The smallest absolute Gasteiger partial charge is 0.376 e. The van der Waals surface area contributed by atoms with E-state index in [4.69, 9.17) is 12.2 Å². The third-order valence-corrected chi connectivity index (χ3v) is 3.98. The Morgan fingerprint density at radius 2 is 1.81 bits per heavy atom. The lowest BCUT2D eigenvalue weighted by atomic mass is 10.1. The van der Waals surface area contributed by atoms with Crippen molar-refractivity contribution in [3.05, 3.63) is 65.8 Å². The molecule has 0 saturated carbocycles. The van der Waals surface area contributed by atoms with Gasteiger partial charge >= 0.3 is 6.18 Å². The van der Waals surface area contributed by atoms with Crippen LogP contribution in [0.2, 0.25) is 0 Å². The Bertz CT molecular complexity index is 658. The molecular weight excluding hydrogens is 367 g/mol. The van der Waals surface area contributed by atoms with Gasteiger partial charge in [0.25, 0.3) is 0 Å². The van der Waals surface area contributed by atoms with Crippen molar-refractivity contribution in [2.45, 2.75) is 45.7 Å². The number of hydrogen-bond donors (Lipinski definition) is 1. The van der Waals surface area contributed by atoms with Crippen molar-refractivity contribution in [3.63, 3.8) is 0 Å². The van der Waals surface area contributed by atoms with Gasteiger partial charge in [0.1, 0.15) is 0 Å². The summed E-state index contributed by atoms with van der Waals surface area (Å²) >= 11 is 5.19. The summed E-state index contributed by atoms with van der Waals surface area (Å²) in [6, 6.07) is 5.38. The van der Waals surface area contributed by atoms with E-state index in [1.807, 2.05) is 24.3 Å². The van der Waals surface area contributed by atoms with Crippen molar-refractivity contribution >= 4 is 23.3 Å². The number of rotatable bonds is 10. The lowest BCUT2D eigenvalue weighted by Crippen LogP contribution is -2.23. The maximum atomic E-state index is 12.7. The van der Waals surface area contributed by atoms with Gasteiger partial charge in [0.2, 0.25) is 0 Å².